The molecule has 2 rings (SSSR count). The van der Waals surface area contributed by atoms with Gasteiger partial charge in [-0.25, -0.2) is 19.9 Å². The standard InChI is InChI=1S/C14H18N8/c1-21(2)13-15-5-11(6-16-13)9-19-20-10-12-7-17-14(18-8-12)22(3)4/h5-10H,1-4H3/b19-9+,20-10+. The molecule has 0 radical (unpaired) electrons. The van der Waals surface area contributed by atoms with Crippen molar-refractivity contribution in [1.82, 2.24) is 19.9 Å². The molecule has 0 aliphatic rings. The van der Waals surface area contributed by atoms with E-state index < -0.39 is 0 Å². The maximum atomic E-state index is 4.19. The summed E-state index contributed by atoms with van der Waals surface area (Å²) < 4.78 is 0. The Morgan fingerprint density at radius 2 is 1.00 bits per heavy atom. The third-order valence-corrected chi connectivity index (χ3v) is 2.60. The molecule has 0 saturated heterocycles. The average molecular weight is 298 g/mol. The quantitative estimate of drug-likeness (QED) is 0.601. The van der Waals surface area contributed by atoms with Gasteiger partial charge < -0.3 is 9.80 Å². The maximum Gasteiger partial charge on any atom is 0.224 e. The Morgan fingerprint density at radius 3 is 1.27 bits per heavy atom. The minimum Gasteiger partial charge on any atom is -0.347 e. The van der Waals surface area contributed by atoms with Crippen molar-refractivity contribution in [3.05, 3.63) is 35.9 Å². The maximum absolute atomic E-state index is 4.19. The zero-order valence-electron chi connectivity index (χ0n) is 13.0. The van der Waals surface area contributed by atoms with Crippen LogP contribution in [0, 0.1) is 0 Å². The molecule has 0 spiro atoms. The Hall–Kier alpha value is -2.90. The highest BCUT2D eigenvalue weighted by atomic mass is 15.2. The van der Waals surface area contributed by atoms with Crippen LogP contribution in [-0.4, -0.2) is 60.6 Å². The SMILES string of the molecule is CN(C)c1ncc(/C=N/N=C/c2cnc(N(C)C)nc2)cn1. The van der Waals surface area contributed by atoms with Crippen molar-refractivity contribution in [1.29, 1.82) is 0 Å². The summed E-state index contributed by atoms with van der Waals surface area (Å²) in [4.78, 5) is 20.4. The molecule has 22 heavy (non-hydrogen) atoms. The molecule has 0 bridgehead atoms. The lowest BCUT2D eigenvalue weighted by Gasteiger charge is -2.08. The lowest BCUT2D eigenvalue weighted by atomic mass is 10.4. The first-order chi connectivity index (χ1) is 10.6. The smallest absolute Gasteiger partial charge is 0.224 e. The Bertz CT molecular complexity index is 584. The molecule has 0 unspecified atom stereocenters. The van der Waals surface area contributed by atoms with Crippen LogP contribution in [-0.2, 0) is 0 Å². The first-order valence-corrected chi connectivity index (χ1v) is 6.61. The number of anilines is 2. The Kier molecular flexibility index (Phi) is 5.07. The molecule has 2 aromatic rings. The fourth-order valence-corrected chi connectivity index (χ4v) is 1.46. The zero-order valence-corrected chi connectivity index (χ0v) is 13.0. The van der Waals surface area contributed by atoms with Crippen LogP contribution in [0.4, 0.5) is 11.9 Å². The summed E-state index contributed by atoms with van der Waals surface area (Å²) in [6.07, 6.45) is 9.94. The third kappa shape index (κ3) is 4.30. The predicted molar refractivity (Wildman–Crippen MR) is 87.9 cm³/mol. The third-order valence-electron chi connectivity index (χ3n) is 2.60. The minimum atomic E-state index is 0.652. The molecular formula is C14H18N8. The van der Waals surface area contributed by atoms with Crippen LogP contribution in [0.15, 0.2) is 35.0 Å². The summed E-state index contributed by atoms with van der Waals surface area (Å²) in [5.41, 5.74) is 1.56. The Balaban J connectivity index is 1.96. The van der Waals surface area contributed by atoms with Crippen molar-refractivity contribution in [3.8, 4) is 0 Å². The molecule has 8 nitrogen and oxygen atoms in total. The highest BCUT2D eigenvalue weighted by molar-refractivity contribution is 5.81. The molecule has 0 saturated carbocycles. The number of nitrogens with zero attached hydrogens (tertiary/aromatic N) is 8. The predicted octanol–water partition coefficient (Wildman–Crippen LogP) is 0.852. The molecule has 114 valence electrons. The number of rotatable bonds is 5. The van der Waals surface area contributed by atoms with Gasteiger partial charge in [0, 0.05) is 64.1 Å². The van der Waals surface area contributed by atoms with E-state index in [0.717, 1.165) is 11.1 Å². The van der Waals surface area contributed by atoms with Crippen LogP contribution in [0.2, 0.25) is 0 Å². The lowest BCUT2D eigenvalue weighted by molar-refractivity contribution is 0.995. The summed E-state index contributed by atoms with van der Waals surface area (Å²) >= 11 is 0. The van der Waals surface area contributed by atoms with Gasteiger partial charge in [0.05, 0.1) is 12.4 Å². The molecular weight excluding hydrogens is 280 g/mol. The molecule has 8 heteroatoms. The monoisotopic (exact) mass is 298 g/mol. The summed E-state index contributed by atoms with van der Waals surface area (Å²) in [6, 6.07) is 0. The fraction of sp³-hybridized carbons (Fsp3) is 0.286. The molecule has 0 aliphatic carbocycles. The largest absolute Gasteiger partial charge is 0.347 e. The fourth-order valence-electron chi connectivity index (χ4n) is 1.46. The Labute approximate surface area is 129 Å². The highest BCUT2D eigenvalue weighted by Gasteiger charge is 1.98. The number of hydrogen-bond donors (Lipinski definition) is 0. The van der Waals surface area contributed by atoms with Gasteiger partial charge >= 0.3 is 0 Å². The van der Waals surface area contributed by atoms with Gasteiger partial charge in [0.25, 0.3) is 0 Å². The molecule has 0 aliphatic heterocycles. The van der Waals surface area contributed by atoms with Gasteiger partial charge in [0.1, 0.15) is 0 Å². The van der Waals surface area contributed by atoms with E-state index in [9.17, 15) is 0 Å². The van der Waals surface area contributed by atoms with Crippen LogP contribution in [0.5, 0.6) is 0 Å². The minimum absolute atomic E-state index is 0.652. The van der Waals surface area contributed by atoms with E-state index in [2.05, 4.69) is 30.1 Å². The molecule has 0 amide bonds. The number of aromatic nitrogens is 4. The van der Waals surface area contributed by atoms with Crippen LogP contribution in [0.25, 0.3) is 0 Å². The number of hydrogen-bond acceptors (Lipinski definition) is 8. The van der Waals surface area contributed by atoms with Gasteiger partial charge in [-0.2, -0.15) is 10.2 Å². The topological polar surface area (TPSA) is 82.8 Å². The first-order valence-electron chi connectivity index (χ1n) is 6.61. The van der Waals surface area contributed by atoms with Crippen molar-refractivity contribution in [3.63, 3.8) is 0 Å². The zero-order chi connectivity index (χ0) is 15.9. The second-order valence-corrected chi connectivity index (χ2v) is 4.91. The van der Waals surface area contributed by atoms with Crippen molar-refractivity contribution in [2.45, 2.75) is 0 Å². The van der Waals surface area contributed by atoms with E-state index in [1.165, 1.54) is 0 Å². The van der Waals surface area contributed by atoms with E-state index in [0.29, 0.717) is 11.9 Å². The van der Waals surface area contributed by atoms with Crippen LogP contribution >= 0.6 is 0 Å². The van der Waals surface area contributed by atoms with E-state index >= 15 is 0 Å². The van der Waals surface area contributed by atoms with Crippen molar-refractivity contribution in [2.75, 3.05) is 38.0 Å². The van der Waals surface area contributed by atoms with Crippen molar-refractivity contribution >= 4 is 24.3 Å². The van der Waals surface area contributed by atoms with Crippen LogP contribution < -0.4 is 9.80 Å². The van der Waals surface area contributed by atoms with E-state index in [-0.39, 0.29) is 0 Å². The lowest BCUT2D eigenvalue weighted by Crippen LogP contribution is -2.12. The summed E-state index contributed by atoms with van der Waals surface area (Å²) in [6.45, 7) is 0. The summed E-state index contributed by atoms with van der Waals surface area (Å²) in [5.74, 6) is 1.30. The molecule has 2 aromatic heterocycles. The summed E-state index contributed by atoms with van der Waals surface area (Å²) in [5, 5.41) is 7.91. The van der Waals surface area contributed by atoms with Crippen LogP contribution in [0.3, 0.4) is 0 Å². The van der Waals surface area contributed by atoms with E-state index in [1.54, 1.807) is 37.2 Å². The normalized spacial score (nSPS) is 11.3. The molecule has 2 heterocycles. The van der Waals surface area contributed by atoms with Gasteiger partial charge in [0.15, 0.2) is 0 Å². The second kappa shape index (κ2) is 7.21. The first kappa shape index (κ1) is 15.5. The van der Waals surface area contributed by atoms with Crippen LogP contribution in [0.1, 0.15) is 11.1 Å². The molecule has 0 N–H and O–H groups in total. The average Bonchev–Trinajstić information content (AvgIpc) is 2.52. The van der Waals surface area contributed by atoms with Gasteiger partial charge in [-0.15, -0.1) is 0 Å². The molecule has 0 aromatic carbocycles. The van der Waals surface area contributed by atoms with Gasteiger partial charge in [0.2, 0.25) is 11.9 Å². The van der Waals surface area contributed by atoms with Gasteiger partial charge in [-0.05, 0) is 0 Å². The van der Waals surface area contributed by atoms with Crippen molar-refractivity contribution < 1.29 is 0 Å². The van der Waals surface area contributed by atoms with Crippen molar-refractivity contribution in [2.24, 2.45) is 10.2 Å². The Morgan fingerprint density at radius 1 is 0.682 bits per heavy atom. The molecule has 0 atom stereocenters. The van der Waals surface area contributed by atoms with Gasteiger partial charge in [-0.1, -0.05) is 0 Å². The van der Waals surface area contributed by atoms with E-state index in [1.807, 2.05) is 38.0 Å². The van der Waals surface area contributed by atoms with Gasteiger partial charge in [-0.3, -0.25) is 0 Å². The highest BCUT2D eigenvalue weighted by Crippen LogP contribution is 2.02. The molecule has 0 fully saturated rings. The van der Waals surface area contributed by atoms with E-state index in [4.69, 9.17) is 0 Å². The second-order valence-electron chi connectivity index (χ2n) is 4.91. The summed E-state index contributed by atoms with van der Waals surface area (Å²) in [7, 11) is 7.54.